The molecule has 25 heavy (non-hydrogen) atoms. The van der Waals surface area contributed by atoms with Crippen LogP contribution in [0, 0.1) is 0 Å². The molecule has 0 radical (unpaired) electrons. The molecule has 0 N–H and O–H groups in total. The molecule has 1 saturated heterocycles. The van der Waals surface area contributed by atoms with E-state index < -0.39 is 0 Å². The maximum atomic E-state index is 4.69. The molecule has 1 saturated carbocycles. The van der Waals surface area contributed by atoms with Gasteiger partial charge >= 0.3 is 0 Å². The van der Waals surface area contributed by atoms with Gasteiger partial charge in [-0.3, -0.25) is 4.68 Å². The van der Waals surface area contributed by atoms with Crippen molar-refractivity contribution < 1.29 is 0 Å². The third kappa shape index (κ3) is 3.66. The summed E-state index contributed by atoms with van der Waals surface area (Å²) in [7, 11) is 0. The number of likely N-dealkylation sites (tertiary alicyclic amines) is 1. The monoisotopic (exact) mass is 341 g/mol. The zero-order valence-corrected chi connectivity index (χ0v) is 15.5. The lowest BCUT2D eigenvalue weighted by atomic mass is 9.96. The van der Waals surface area contributed by atoms with E-state index in [4.69, 9.17) is 5.10 Å². The van der Waals surface area contributed by atoms with Crippen LogP contribution in [0.25, 0.3) is 11.3 Å². The van der Waals surface area contributed by atoms with Gasteiger partial charge in [0.25, 0.3) is 0 Å². The zero-order valence-electron chi connectivity index (χ0n) is 15.5. The van der Waals surface area contributed by atoms with Crippen molar-refractivity contribution in [3.63, 3.8) is 0 Å². The number of aromatic nitrogens is 4. The van der Waals surface area contributed by atoms with Gasteiger partial charge in [-0.1, -0.05) is 26.2 Å². The van der Waals surface area contributed by atoms with Gasteiger partial charge in [0.15, 0.2) is 0 Å². The molecule has 4 rings (SSSR count). The van der Waals surface area contributed by atoms with E-state index in [1.807, 2.05) is 18.7 Å². The Morgan fingerprint density at radius 3 is 2.64 bits per heavy atom. The fourth-order valence-corrected chi connectivity index (χ4v) is 4.51. The largest absolute Gasteiger partial charge is 0.326 e. The van der Waals surface area contributed by atoms with Crippen LogP contribution in [0.15, 0.2) is 24.9 Å². The molecule has 0 unspecified atom stereocenters. The SMILES string of the molecule is CC[C@H](CN1CCCC1)n1cncc1-c1cnn(C2CCCCC2)c1. The van der Waals surface area contributed by atoms with Crippen LogP contribution in [-0.4, -0.2) is 43.9 Å². The number of hydrogen-bond donors (Lipinski definition) is 0. The van der Waals surface area contributed by atoms with E-state index in [1.165, 1.54) is 69.3 Å². The van der Waals surface area contributed by atoms with E-state index >= 15 is 0 Å². The number of hydrogen-bond acceptors (Lipinski definition) is 3. The van der Waals surface area contributed by atoms with Crippen LogP contribution in [-0.2, 0) is 0 Å². The maximum Gasteiger partial charge on any atom is 0.0954 e. The van der Waals surface area contributed by atoms with E-state index in [0.717, 1.165) is 13.0 Å². The quantitative estimate of drug-likeness (QED) is 0.786. The Hall–Kier alpha value is -1.62. The Morgan fingerprint density at radius 1 is 1.08 bits per heavy atom. The van der Waals surface area contributed by atoms with Gasteiger partial charge in [-0.15, -0.1) is 0 Å². The Labute approximate surface area is 151 Å². The van der Waals surface area contributed by atoms with Gasteiger partial charge in [0, 0.05) is 24.3 Å². The molecule has 0 spiro atoms. The van der Waals surface area contributed by atoms with Gasteiger partial charge in [-0.05, 0) is 45.2 Å². The third-order valence-electron chi connectivity index (χ3n) is 6.04. The molecule has 2 aromatic rings. The first-order valence-corrected chi connectivity index (χ1v) is 10.1. The zero-order chi connectivity index (χ0) is 17.1. The third-order valence-corrected chi connectivity index (χ3v) is 6.04. The normalized spacial score (nSPS) is 21.0. The molecule has 0 aromatic carbocycles. The smallest absolute Gasteiger partial charge is 0.0954 e. The van der Waals surface area contributed by atoms with E-state index in [2.05, 4.69) is 32.3 Å². The van der Waals surface area contributed by atoms with Crippen molar-refractivity contribution in [2.24, 2.45) is 0 Å². The van der Waals surface area contributed by atoms with Crippen molar-refractivity contribution in [3.8, 4) is 11.3 Å². The van der Waals surface area contributed by atoms with Crippen LogP contribution in [0.1, 0.15) is 70.4 Å². The highest BCUT2D eigenvalue weighted by molar-refractivity contribution is 5.56. The summed E-state index contributed by atoms with van der Waals surface area (Å²) in [6, 6.07) is 1.08. The molecule has 5 nitrogen and oxygen atoms in total. The van der Waals surface area contributed by atoms with E-state index in [0.29, 0.717) is 12.1 Å². The molecule has 2 fully saturated rings. The minimum Gasteiger partial charge on any atom is -0.326 e. The van der Waals surface area contributed by atoms with Crippen LogP contribution >= 0.6 is 0 Å². The summed E-state index contributed by atoms with van der Waals surface area (Å²) in [4.78, 5) is 7.07. The van der Waals surface area contributed by atoms with Gasteiger partial charge in [-0.2, -0.15) is 5.10 Å². The Morgan fingerprint density at radius 2 is 1.88 bits per heavy atom. The molecule has 2 aromatic heterocycles. The van der Waals surface area contributed by atoms with Crippen molar-refractivity contribution >= 4 is 0 Å². The average molecular weight is 342 g/mol. The molecule has 1 aliphatic carbocycles. The Bertz CT molecular complexity index is 661. The highest BCUT2D eigenvalue weighted by Gasteiger charge is 2.21. The molecule has 0 bridgehead atoms. The van der Waals surface area contributed by atoms with Crippen LogP contribution < -0.4 is 0 Å². The number of imidazole rings is 1. The maximum absolute atomic E-state index is 4.69. The van der Waals surface area contributed by atoms with Gasteiger partial charge in [0.1, 0.15) is 0 Å². The minimum absolute atomic E-state index is 0.494. The van der Waals surface area contributed by atoms with Crippen molar-refractivity contribution in [2.45, 2.75) is 70.4 Å². The summed E-state index contributed by atoms with van der Waals surface area (Å²) in [5, 5.41) is 4.69. The number of nitrogens with zero attached hydrogens (tertiary/aromatic N) is 5. The van der Waals surface area contributed by atoms with Crippen molar-refractivity contribution in [1.29, 1.82) is 0 Å². The van der Waals surface area contributed by atoms with Crippen LogP contribution in [0.4, 0.5) is 0 Å². The lowest BCUT2D eigenvalue weighted by Crippen LogP contribution is -2.28. The summed E-state index contributed by atoms with van der Waals surface area (Å²) < 4.78 is 4.58. The molecule has 1 atom stereocenters. The lowest BCUT2D eigenvalue weighted by Gasteiger charge is -2.25. The van der Waals surface area contributed by atoms with Gasteiger partial charge in [0.05, 0.1) is 30.5 Å². The van der Waals surface area contributed by atoms with Gasteiger partial charge in [0.2, 0.25) is 0 Å². The number of rotatable bonds is 6. The molecule has 0 amide bonds. The standard InChI is InChI=1S/C20H31N5/c1-2-18(15-23-10-6-7-11-23)24-16-21-13-20(24)17-12-22-25(14-17)19-8-4-3-5-9-19/h12-14,16,18-19H,2-11,15H2,1H3/t18-/m1/s1. The van der Waals surface area contributed by atoms with Gasteiger partial charge in [-0.25, -0.2) is 4.98 Å². The fourth-order valence-electron chi connectivity index (χ4n) is 4.51. The molecule has 5 heteroatoms. The molecular formula is C20H31N5. The second-order valence-corrected chi connectivity index (χ2v) is 7.76. The van der Waals surface area contributed by atoms with Gasteiger partial charge < -0.3 is 9.47 Å². The molecule has 2 aliphatic rings. The summed E-state index contributed by atoms with van der Waals surface area (Å²) in [6.07, 6.45) is 18.7. The second kappa shape index (κ2) is 7.73. The predicted molar refractivity (Wildman–Crippen MR) is 101 cm³/mol. The van der Waals surface area contributed by atoms with Crippen LogP contribution in [0.5, 0.6) is 0 Å². The van der Waals surface area contributed by atoms with Crippen LogP contribution in [0.2, 0.25) is 0 Å². The minimum atomic E-state index is 0.494. The van der Waals surface area contributed by atoms with E-state index in [1.54, 1.807) is 0 Å². The first kappa shape index (κ1) is 16.8. The first-order valence-electron chi connectivity index (χ1n) is 10.1. The van der Waals surface area contributed by atoms with Crippen molar-refractivity contribution in [3.05, 3.63) is 24.9 Å². The lowest BCUT2D eigenvalue weighted by molar-refractivity contribution is 0.273. The first-order chi connectivity index (χ1) is 12.3. The average Bonchev–Trinajstić information content (AvgIpc) is 3.41. The Balaban J connectivity index is 1.53. The summed E-state index contributed by atoms with van der Waals surface area (Å²) in [5.41, 5.74) is 2.43. The molecule has 136 valence electrons. The summed E-state index contributed by atoms with van der Waals surface area (Å²) in [6.45, 7) is 5.92. The van der Waals surface area contributed by atoms with Crippen LogP contribution in [0.3, 0.4) is 0 Å². The highest BCUT2D eigenvalue weighted by Crippen LogP contribution is 2.30. The van der Waals surface area contributed by atoms with Crippen molar-refractivity contribution in [1.82, 2.24) is 24.2 Å². The topological polar surface area (TPSA) is 38.9 Å². The van der Waals surface area contributed by atoms with E-state index in [9.17, 15) is 0 Å². The highest BCUT2D eigenvalue weighted by atomic mass is 15.3. The summed E-state index contributed by atoms with van der Waals surface area (Å²) >= 11 is 0. The predicted octanol–water partition coefficient (Wildman–Crippen LogP) is 4.30. The van der Waals surface area contributed by atoms with Crippen molar-refractivity contribution in [2.75, 3.05) is 19.6 Å². The molecular weight excluding hydrogens is 310 g/mol. The molecule has 1 aliphatic heterocycles. The fraction of sp³-hybridized carbons (Fsp3) is 0.700. The van der Waals surface area contributed by atoms with E-state index in [-0.39, 0.29) is 0 Å². The second-order valence-electron chi connectivity index (χ2n) is 7.76. The Kier molecular flexibility index (Phi) is 5.20. The summed E-state index contributed by atoms with van der Waals surface area (Å²) in [5.74, 6) is 0. The molecule has 3 heterocycles.